The summed E-state index contributed by atoms with van der Waals surface area (Å²) < 4.78 is 0. The molecule has 15 heavy (non-hydrogen) atoms. The molecule has 1 N–H and O–H groups in total. The molecule has 1 rings (SSSR count). The van der Waals surface area contributed by atoms with Crippen molar-refractivity contribution in [1.82, 2.24) is 20.0 Å². The van der Waals surface area contributed by atoms with Crippen LogP contribution < -0.4 is 5.32 Å². The van der Waals surface area contributed by atoms with E-state index in [1.165, 1.54) is 28.8 Å². The molecule has 1 unspecified atom stereocenters. The van der Waals surface area contributed by atoms with Gasteiger partial charge in [-0.3, -0.25) is 19.9 Å². The third-order valence-electron chi connectivity index (χ3n) is 2.20. The number of nitrogens with one attached hydrogen (secondary N) is 1. The second-order valence-electron chi connectivity index (χ2n) is 3.57. The van der Waals surface area contributed by atoms with Crippen LogP contribution in [0.1, 0.15) is 0 Å². The van der Waals surface area contributed by atoms with Gasteiger partial charge in [-0.15, -0.1) is 0 Å². The molecule has 1 saturated heterocycles. The summed E-state index contributed by atoms with van der Waals surface area (Å²) in [4.78, 5) is 37.8. The van der Waals surface area contributed by atoms with Crippen molar-refractivity contribution in [2.45, 2.75) is 6.17 Å². The van der Waals surface area contributed by atoms with E-state index >= 15 is 0 Å². The van der Waals surface area contributed by atoms with E-state index in [-0.39, 0.29) is 6.03 Å². The quantitative estimate of drug-likeness (QED) is 0.575. The van der Waals surface area contributed by atoms with Crippen molar-refractivity contribution >= 4 is 18.0 Å². The summed E-state index contributed by atoms with van der Waals surface area (Å²) >= 11 is 0. The standard InChI is InChI=1S/C8H14N4O3/c1-10(2)8(15)12(4)6-5(13)9-7(14)11(6)3/h6H,1-4H3,(H,9,13,14). The van der Waals surface area contributed by atoms with E-state index in [2.05, 4.69) is 5.32 Å². The molecule has 0 saturated carbocycles. The van der Waals surface area contributed by atoms with Crippen LogP contribution in [0.25, 0.3) is 0 Å². The first-order valence-corrected chi connectivity index (χ1v) is 4.38. The highest BCUT2D eigenvalue weighted by atomic mass is 16.2. The number of hydrogen-bond donors (Lipinski definition) is 1. The minimum atomic E-state index is -0.868. The zero-order chi connectivity index (χ0) is 11.7. The average Bonchev–Trinajstić information content (AvgIpc) is 2.39. The third-order valence-corrected chi connectivity index (χ3v) is 2.20. The van der Waals surface area contributed by atoms with Crippen LogP contribution in [0.4, 0.5) is 9.59 Å². The zero-order valence-electron chi connectivity index (χ0n) is 9.14. The lowest BCUT2D eigenvalue weighted by Crippen LogP contribution is -2.51. The Morgan fingerprint density at radius 1 is 1.33 bits per heavy atom. The normalized spacial score (nSPS) is 20.3. The maximum atomic E-state index is 11.6. The molecule has 0 aliphatic carbocycles. The topological polar surface area (TPSA) is 73.0 Å². The molecule has 0 aromatic rings. The Labute approximate surface area is 87.6 Å². The van der Waals surface area contributed by atoms with Crippen LogP contribution in [-0.4, -0.2) is 67.0 Å². The van der Waals surface area contributed by atoms with E-state index in [0.717, 1.165) is 0 Å². The summed E-state index contributed by atoms with van der Waals surface area (Å²) in [5.41, 5.74) is 0. The molecule has 1 aliphatic rings. The fraction of sp³-hybridized carbons (Fsp3) is 0.625. The smallest absolute Gasteiger partial charge is 0.325 e. The van der Waals surface area contributed by atoms with Crippen LogP contribution >= 0.6 is 0 Å². The van der Waals surface area contributed by atoms with Crippen LogP contribution in [0.3, 0.4) is 0 Å². The SMILES string of the molecule is CN(C)C(=O)N(C)C1C(=O)NC(=O)N1C. The van der Waals surface area contributed by atoms with Crippen molar-refractivity contribution in [3.63, 3.8) is 0 Å². The molecule has 1 aliphatic heterocycles. The number of nitrogens with zero attached hydrogens (tertiary/aromatic N) is 3. The van der Waals surface area contributed by atoms with Gasteiger partial charge in [0.15, 0.2) is 6.17 Å². The molecule has 0 aromatic carbocycles. The van der Waals surface area contributed by atoms with Gasteiger partial charge in [0.05, 0.1) is 0 Å². The van der Waals surface area contributed by atoms with Gasteiger partial charge < -0.3 is 4.90 Å². The molecule has 1 heterocycles. The minimum absolute atomic E-state index is 0.336. The summed E-state index contributed by atoms with van der Waals surface area (Å²) in [6, 6.07) is -0.833. The van der Waals surface area contributed by atoms with Crippen molar-refractivity contribution < 1.29 is 14.4 Å². The molecule has 84 valence electrons. The number of amides is 5. The number of likely N-dealkylation sites (N-methyl/N-ethyl adjacent to an activating group) is 2. The summed E-state index contributed by atoms with van der Waals surface area (Å²) in [6.45, 7) is 0. The largest absolute Gasteiger partial charge is 0.331 e. The highest BCUT2D eigenvalue weighted by molar-refractivity contribution is 6.04. The fourth-order valence-electron chi connectivity index (χ4n) is 1.40. The van der Waals surface area contributed by atoms with Gasteiger partial charge in [-0.05, 0) is 0 Å². The molecule has 0 spiro atoms. The van der Waals surface area contributed by atoms with E-state index in [1.807, 2.05) is 0 Å². The number of carbonyl (C=O) groups excluding carboxylic acids is 3. The Morgan fingerprint density at radius 3 is 2.20 bits per heavy atom. The van der Waals surface area contributed by atoms with E-state index in [0.29, 0.717) is 0 Å². The predicted octanol–water partition coefficient (Wildman–Crippen LogP) is -0.892. The Hall–Kier alpha value is -1.79. The van der Waals surface area contributed by atoms with Gasteiger partial charge in [0.2, 0.25) is 0 Å². The second-order valence-corrected chi connectivity index (χ2v) is 3.57. The second kappa shape index (κ2) is 3.76. The maximum Gasteiger partial charge on any atom is 0.325 e. The summed E-state index contributed by atoms with van der Waals surface area (Å²) in [5.74, 6) is -0.486. The van der Waals surface area contributed by atoms with Crippen LogP contribution in [0.2, 0.25) is 0 Å². The number of carbonyl (C=O) groups is 3. The number of urea groups is 2. The van der Waals surface area contributed by atoms with E-state index < -0.39 is 18.1 Å². The summed E-state index contributed by atoms with van der Waals surface area (Å²) in [6.07, 6.45) is -0.868. The van der Waals surface area contributed by atoms with E-state index in [9.17, 15) is 14.4 Å². The van der Waals surface area contributed by atoms with Crippen molar-refractivity contribution in [2.24, 2.45) is 0 Å². The van der Waals surface area contributed by atoms with Crippen molar-refractivity contribution in [1.29, 1.82) is 0 Å². The van der Waals surface area contributed by atoms with Crippen LogP contribution in [-0.2, 0) is 4.79 Å². The fourth-order valence-corrected chi connectivity index (χ4v) is 1.40. The molecule has 0 radical (unpaired) electrons. The Balaban J connectivity index is 2.84. The molecule has 0 bridgehead atoms. The summed E-state index contributed by atoms with van der Waals surface area (Å²) in [5, 5.41) is 2.13. The molecule has 1 atom stereocenters. The molecule has 7 heteroatoms. The van der Waals surface area contributed by atoms with Gasteiger partial charge in [0.1, 0.15) is 0 Å². The number of hydrogen-bond acceptors (Lipinski definition) is 3. The molecule has 0 aromatic heterocycles. The van der Waals surface area contributed by atoms with Crippen molar-refractivity contribution in [3.8, 4) is 0 Å². The molecule has 5 amide bonds. The molecular formula is C8H14N4O3. The van der Waals surface area contributed by atoms with Gasteiger partial charge in [0, 0.05) is 28.2 Å². The van der Waals surface area contributed by atoms with Gasteiger partial charge in [-0.1, -0.05) is 0 Å². The van der Waals surface area contributed by atoms with Crippen LogP contribution in [0.5, 0.6) is 0 Å². The van der Waals surface area contributed by atoms with Crippen LogP contribution in [0, 0.1) is 0 Å². The maximum absolute atomic E-state index is 11.6. The van der Waals surface area contributed by atoms with Gasteiger partial charge in [0.25, 0.3) is 5.91 Å². The van der Waals surface area contributed by atoms with Gasteiger partial charge in [-0.2, -0.15) is 0 Å². The van der Waals surface area contributed by atoms with Crippen molar-refractivity contribution in [3.05, 3.63) is 0 Å². The Kier molecular flexibility index (Phi) is 2.83. The lowest BCUT2D eigenvalue weighted by Gasteiger charge is -2.29. The first kappa shape index (κ1) is 11.3. The summed E-state index contributed by atoms with van der Waals surface area (Å²) in [7, 11) is 6.09. The third kappa shape index (κ3) is 1.85. The molecular weight excluding hydrogens is 200 g/mol. The minimum Gasteiger partial charge on any atom is -0.331 e. The highest BCUT2D eigenvalue weighted by Crippen LogP contribution is 2.10. The first-order valence-electron chi connectivity index (χ1n) is 4.38. The Morgan fingerprint density at radius 2 is 1.87 bits per heavy atom. The lowest BCUT2D eigenvalue weighted by molar-refractivity contribution is -0.124. The average molecular weight is 214 g/mol. The lowest BCUT2D eigenvalue weighted by atomic mass is 10.4. The van der Waals surface area contributed by atoms with Gasteiger partial charge in [-0.25, -0.2) is 9.59 Å². The highest BCUT2D eigenvalue weighted by Gasteiger charge is 2.40. The van der Waals surface area contributed by atoms with Crippen LogP contribution in [0.15, 0.2) is 0 Å². The number of rotatable bonds is 1. The Bertz CT molecular complexity index is 315. The number of imide groups is 1. The van der Waals surface area contributed by atoms with E-state index in [1.54, 1.807) is 14.1 Å². The monoisotopic (exact) mass is 214 g/mol. The molecule has 1 fully saturated rings. The zero-order valence-corrected chi connectivity index (χ0v) is 9.14. The first-order chi connectivity index (χ1) is 6.86. The van der Waals surface area contributed by atoms with E-state index in [4.69, 9.17) is 0 Å². The predicted molar refractivity (Wildman–Crippen MR) is 51.9 cm³/mol. The molecule has 7 nitrogen and oxygen atoms in total. The van der Waals surface area contributed by atoms with Gasteiger partial charge >= 0.3 is 12.1 Å². The van der Waals surface area contributed by atoms with Crippen molar-refractivity contribution in [2.75, 3.05) is 28.2 Å².